The molecule has 0 spiro atoms. The van der Waals surface area contributed by atoms with Gasteiger partial charge in [0.1, 0.15) is 0 Å². The highest BCUT2D eigenvalue weighted by atomic mass is 32.2. The van der Waals surface area contributed by atoms with E-state index >= 15 is 0 Å². The van der Waals surface area contributed by atoms with Crippen molar-refractivity contribution in [2.75, 3.05) is 25.4 Å². The third-order valence-corrected chi connectivity index (χ3v) is 5.17. The molecule has 1 aromatic carbocycles. The molecule has 1 N–H and O–H groups in total. The van der Waals surface area contributed by atoms with Crippen molar-refractivity contribution in [1.29, 1.82) is 0 Å². The van der Waals surface area contributed by atoms with E-state index in [1.54, 1.807) is 0 Å². The van der Waals surface area contributed by atoms with Crippen molar-refractivity contribution in [1.82, 2.24) is 10.2 Å². The summed E-state index contributed by atoms with van der Waals surface area (Å²) in [6.45, 7) is 2.65. The van der Waals surface area contributed by atoms with Crippen molar-refractivity contribution in [2.45, 2.75) is 12.1 Å². The van der Waals surface area contributed by atoms with Gasteiger partial charge in [-0.2, -0.15) is 0 Å². The molecule has 2 atom stereocenters. The first-order valence-electron chi connectivity index (χ1n) is 6.57. The second kappa shape index (κ2) is 5.07. The molecule has 2 aliphatic rings. The number of benzene rings is 1. The minimum absolute atomic E-state index is 0.0401. The van der Waals surface area contributed by atoms with Crippen LogP contribution in [0.25, 0.3) is 0 Å². The van der Waals surface area contributed by atoms with Crippen LogP contribution in [0.3, 0.4) is 0 Å². The number of piperazine rings is 1. The van der Waals surface area contributed by atoms with E-state index in [9.17, 15) is 8.42 Å². The van der Waals surface area contributed by atoms with Crippen molar-refractivity contribution < 1.29 is 8.42 Å². The molecule has 2 unspecified atom stereocenters. The molecule has 1 aromatic rings. The number of hydrogen-bond acceptors (Lipinski definition) is 4. The van der Waals surface area contributed by atoms with Crippen LogP contribution < -0.4 is 5.32 Å². The summed E-state index contributed by atoms with van der Waals surface area (Å²) in [5.41, 5.74) is 1.26. The van der Waals surface area contributed by atoms with E-state index in [0.29, 0.717) is 0 Å². The van der Waals surface area contributed by atoms with E-state index < -0.39 is 9.84 Å². The average molecular weight is 278 g/mol. The molecular formula is C14H18N2O2S. The zero-order chi connectivity index (χ0) is 13.3. The van der Waals surface area contributed by atoms with Crippen LogP contribution in [0.5, 0.6) is 0 Å². The monoisotopic (exact) mass is 278 g/mol. The molecule has 102 valence electrons. The van der Waals surface area contributed by atoms with Gasteiger partial charge in [-0.3, -0.25) is 4.90 Å². The minimum Gasteiger partial charge on any atom is -0.308 e. The molecule has 2 aliphatic heterocycles. The van der Waals surface area contributed by atoms with Crippen LogP contribution in [0.15, 0.2) is 41.8 Å². The summed E-state index contributed by atoms with van der Waals surface area (Å²) in [6.07, 6.45) is 1.82. The van der Waals surface area contributed by atoms with E-state index in [1.807, 2.05) is 24.3 Å². The van der Waals surface area contributed by atoms with Crippen molar-refractivity contribution in [3.05, 3.63) is 47.4 Å². The molecule has 1 saturated heterocycles. The highest BCUT2D eigenvalue weighted by molar-refractivity contribution is 7.94. The molecule has 0 amide bonds. The van der Waals surface area contributed by atoms with Crippen LogP contribution in [0.4, 0.5) is 0 Å². The van der Waals surface area contributed by atoms with Gasteiger partial charge >= 0.3 is 0 Å². The van der Waals surface area contributed by atoms with Crippen LogP contribution in [0.2, 0.25) is 0 Å². The normalized spacial score (nSPS) is 30.5. The van der Waals surface area contributed by atoms with Crippen molar-refractivity contribution in [2.24, 2.45) is 0 Å². The Morgan fingerprint density at radius 2 is 2.00 bits per heavy atom. The summed E-state index contributed by atoms with van der Waals surface area (Å²) >= 11 is 0. The Kier molecular flexibility index (Phi) is 3.43. The van der Waals surface area contributed by atoms with Gasteiger partial charge in [0.15, 0.2) is 9.84 Å². The van der Waals surface area contributed by atoms with Crippen molar-refractivity contribution in [3.8, 4) is 0 Å². The van der Waals surface area contributed by atoms with Gasteiger partial charge < -0.3 is 5.32 Å². The Balaban J connectivity index is 1.71. The summed E-state index contributed by atoms with van der Waals surface area (Å²) in [7, 11) is -2.97. The summed E-state index contributed by atoms with van der Waals surface area (Å²) < 4.78 is 23.0. The van der Waals surface area contributed by atoms with Gasteiger partial charge in [-0.25, -0.2) is 8.42 Å². The smallest absolute Gasteiger partial charge is 0.173 e. The lowest BCUT2D eigenvalue weighted by Crippen LogP contribution is -2.50. The van der Waals surface area contributed by atoms with E-state index in [4.69, 9.17) is 0 Å². The fraction of sp³-hybridized carbons (Fsp3) is 0.429. The fourth-order valence-electron chi connectivity index (χ4n) is 2.77. The van der Waals surface area contributed by atoms with Crippen LogP contribution in [-0.4, -0.2) is 44.7 Å². The quantitative estimate of drug-likeness (QED) is 0.875. The summed E-state index contributed by atoms with van der Waals surface area (Å²) in [6, 6.07) is 10.6. The number of hydrogen-bond donors (Lipinski definition) is 1. The van der Waals surface area contributed by atoms with Gasteiger partial charge in [0.25, 0.3) is 0 Å². The molecule has 5 heteroatoms. The Labute approximate surface area is 114 Å². The van der Waals surface area contributed by atoms with E-state index in [1.165, 1.54) is 11.0 Å². The van der Waals surface area contributed by atoms with Crippen LogP contribution in [0.1, 0.15) is 11.6 Å². The van der Waals surface area contributed by atoms with Crippen LogP contribution >= 0.6 is 0 Å². The maximum absolute atomic E-state index is 11.5. The maximum Gasteiger partial charge on any atom is 0.173 e. The van der Waals surface area contributed by atoms with Gasteiger partial charge in [-0.15, -0.1) is 0 Å². The minimum atomic E-state index is -2.97. The average Bonchev–Trinajstić information content (AvgIpc) is 2.80. The molecule has 0 saturated carbocycles. The van der Waals surface area contributed by atoms with Gasteiger partial charge in [0, 0.05) is 37.1 Å². The Morgan fingerprint density at radius 1 is 1.21 bits per heavy atom. The van der Waals surface area contributed by atoms with Gasteiger partial charge in [-0.05, 0) is 5.56 Å². The lowest BCUT2D eigenvalue weighted by Gasteiger charge is -2.36. The topological polar surface area (TPSA) is 49.4 Å². The van der Waals surface area contributed by atoms with Crippen LogP contribution in [-0.2, 0) is 9.84 Å². The molecule has 3 rings (SSSR count). The lowest BCUT2D eigenvalue weighted by atomic mass is 10.0. The van der Waals surface area contributed by atoms with Crippen LogP contribution in [0, 0.1) is 0 Å². The zero-order valence-electron chi connectivity index (χ0n) is 10.7. The first-order chi connectivity index (χ1) is 9.14. The third kappa shape index (κ3) is 2.88. The Hall–Kier alpha value is -1.17. The molecule has 0 radical (unpaired) electrons. The van der Waals surface area contributed by atoms with E-state index in [0.717, 1.165) is 19.6 Å². The predicted octanol–water partition coefficient (Wildman–Crippen LogP) is 0.944. The summed E-state index contributed by atoms with van der Waals surface area (Å²) in [4.78, 5) is 2.26. The molecule has 4 nitrogen and oxygen atoms in total. The molecular weight excluding hydrogens is 260 g/mol. The lowest BCUT2D eigenvalue weighted by molar-refractivity contribution is 0.179. The first kappa shape index (κ1) is 12.8. The fourth-order valence-corrected chi connectivity index (χ4v) is 4.10. The maximum atomic E-state index is 11.5. The number of nitrogens with one attached hydrogen (secondary N) is 1. The van der Waals surface area contributed by atoms with E-state index in [-0.39, 0.29) is 17.8 Å². The third-order valence-electron chi connectivity index (χ3n) is 3.79. The standard InChI is InChI=1S/C14H18N2O2S/c17-19(18)9-6-13(11-19)16-8-7-15-14(10-16)12-4-2-1-3-5-12/h1-6,9,13-15H,7-8,10-11H2. The molecule has 0 aliphatic carbocycles. The Bertz CT molecular complexity index is 568. The largest absolute Gasteiger partial charge is 0.308 e. The summed E-state index contributed by atoms with van der Waals surface area (Å²) in [5.74, 6) is 0.231. The second-order valence-corrected chi connectivity index (χ2v) is 7.07. The number of rotatable bonds is 2. The molecule has 0 aromatic heterocycles. The predicted molar refractivity (Wildman–Crippen MR) is 75.5 cm³/mol. The van der Waals surface area contributed by atoms with Gasteiger partial charge in [0.2, 0.25) is 0 Å². The molecule has 2 heterocycles. The zero-order valence-corrected chi connectivity index (χ0v) is 11.5. The SMILES string of the molecule is O=S1(=O)C=CC(N2CCNC(c3ccccc3)C2)C1. The number of sulfone groups is 1. The molecule has 0 bridgehead atoms. The number of nitrogens with zero attached hydrogens (tertiary/aromatic N) is 1. The summed E-state index contributed by atoms with van der Waals surface area (Å²) in [5, 5.41) is 4.85. The van der Waals surface area contributed by atoms with E-state index in [2.05, 4.69) is 22.3 Å². The Morgan fingerprint density at radius 3 is 2.68 bits per heavy atom. The molecule has 1 fully saturated rings. The highest BCUT2D eigenvalue weighted by Gasteiger charge is 2.30. The highest BCUT2D eigenvalue weighted by Crippen LogP contribution is 2.22. The first-order valence-corrected chi connectivity index (χ1v) is 8.29. The van der Waals surface area contributed by atoms with Crippen molar-refractivity contribution in [3.63, 3.8) is 0 Å². The van der Waals surface area contributed by atoms with Gasteiger partial charge in [-0.1, -0.05) is 36.4 Å². The molecule has 19 heavy (non-hydrogen) atoms. The van der Waals surface area contributed by atoms with Crippen molar-refractivity contribution >= 4 is 9.84 Å². The second-order valence-electron chi connectivity index (χ2n) is 5.14. The van der Waals surface area contributed by atoms with Gasteiger partial charge in [0.05, 0.1) is 5.75 Å².